The minimum atomic E-state index is 0.882. The minimum Gasteiger partial charge on any atom is -0.289 e. The maximum absolute atomic E-state index is 4.53. The van der Waals surface area contributed by atoms with Crippen LogP contribution in [0.4, 0.5) is 0 Å². The highest BCUT2D eigenvalue weighted by molar-refractivity contribution is 8.02. The highest BCUT2D eigenvalue weighted by atomic mass is 32.2. The van der Waals surface area contributed by atoms with E-state index < -0.39 is 0 Å². The van der Waals surface area contributed by atoms with Gasteiger partial charge in [0.05, 0.1) is 0 Å². The highest BCUT2D eigenvalue weighted by Gasteiger charge is 2.24. The summed E-state index contributed by atoms with van der Waals surface area (Å²) in [6.45, 7) is 2.97. The fraction of sp³-hybridized carbons (Fsp3) is 0.308. The van der Waals surface area contributed by atoms with Crippen molar-refractivity contribution in [3.63, 3.8) is 0 Å². The maximum Gasteiger partial charge on any atom is 0.0483 e. The summed E-state index contributed by atoms with van der Waals surface area (Å²) in [6.07, 6.45) is 3.19. The lowest BCUT2D eigenvalue weighted by Gasteiger charge is -2.25. The second kappa shape index (κ2) is 4.67. The van der Waals surface area contributed by atoms with E-state index in [1.165, 1.54) is 21.8 Å². The van der Waals surface area contributed by atoms with Crippen LogP contribution in [0.1, 0.15) is 18.9 Å². The van der Waals surface area contributed by atoms with E-state index in [1.54, 1.807) is 0 Å². The van der Waals surface area contributed by atoms with E-state index in [0.717, 1.165) is 13.0 Å². The molecule has 0 saturated heterocycles. The molecule has 0 atom stereocenters. The maximum atomic E-state index is 4.53. The Morgan fingerprint density at radius 1 is 1.27 bits per heavy atom. The topological polar surface area (TPSA) is 12.4 Å². The van der Waals surface area contributed by atoms with Gasteiger partial charge in [0.1, 0.15) is 0 Å². The van der Waals surface area contributed by atoms with Crippen molar-refractivity contribution in [2.24, 2.45) is 4.99 Å². The molecule has 0 bridgehead atoms. The van der Waals surface area contributed by atoms with Gasteiger partial charge in [-0.25, -0.2) is 0 Å². The van der Waals surface area contributed by atoms with E-state index in [2.05, 4.69) is 48.5 Å². The molecule has 15 heavy (non-hydrogen) atoms. The molecule has 0 amide bonds. The molecule has 1 aliphatic carbocycles. The van der Waals surface area contributed by atoms with Crippen LogP contribution in [-0.4, -0.2) is 18.5 Å². The van der Waals surface area contributed by atoms with Gasteiger partial charge in [0.2, 0.25) is 0 Å². The quantitative estimate of drug-likeness (QED) is 0.753. The van der Waals surface area contributed by atoms with E-state index in [-0.39, 0.29) is 0 Å². The third kappa shape index (κ3) is 2.00. The summed E-state index contributed by atoms with van der Waals surface area (Å²) in [6, 6.07) is 10.5. The van der Waals surface area contributed by atoms with Crippen LogP contribution in [-0.2, 0) is 0 Å². The monoisotopic (exact) mass is 217 g/mol. The lowest BCUT2D eigenvalue weighted by atomic mass is 9.89. The van der Waals surface area contributed by atoms with Crippen molar-refractivity contribution in [2.75, 3.05) is 12.8 Å². The van der Waals surface area contributed by atoms with E-state index in [4.69, 9.17) is 0 Å². The summed E-state index contributed by atoms with van der Waals surface area (Å²) in [5.41, 5.74) is 3.94. The van der Waals surface area contributed by atoms with Crippen LogP contribution in [0.2, 0.25) is 0 Å². The third-order valence-corrected chi connectivity index (χ3v) is 3.39. The van der Waals surface area contributed by atoms with Gasteiger partial charge in [0.15, 0.2) is 0 Å². The molecule has 2 heteroatoms. The van der Waals surface area contributed by atoms with Crippen molar-refractivity contribution >= 4 is 23.0 Å². The van der Waals surface area contributed by atoms with Gasteiger partial charge in [-0.3, -0.25) is 4.99 Å². The Kier molecular flexibility index (Phi) is 3.27. The van der Waals surface area contributed by atoms with Gasteiger partial charge in [-0.2, -0.15) is 0 Å². The lowest BCUT2D eigenvalue weighted by Crippen LogP contribution is -2.16. The molecule has 1 aromatic carbocycles. The SMILES string of the molecule is CCN=C1CC(SC)=C1c1ccccc1. The van der Waals surface area contributed by atoms with Crippen LogP contribution in [0.5, 0.6) is 0 Å². The molecule has 0 aromatic heterocycles. The first-order valence-electron chi connectivity index (χ1n) is 5.23. The summed E-state index contributed by atoms with van der Waals surface area (Å²) < 4.78 is 0. The standard InChI is InChI=1S/C13H15NS/c1-3-14-11-9-12(15-2)13(11)10-7-5-4-6-8-10/h4-8H,3,9H2,1-2H3. The number of benzene rings is 1. The molecule has 0 N–H and O–H groups in total. The van der Waals surface area contributed by atoms with Crippen molar-refractivity contribution in [1.29, 1.82) is 0 Å². The molecule has 0 saturated carbocycles. The van der Waals surface area contributed by atoms with Gasteiger partial charge >= 0.3 is 0 Å². The molecule has 0 spiro atoms. The zero-order valence-electron chi connectivity index (χ0n) is 9.16. The third-order valence-electron chi connectivity index (χ3n) is 2.55. The van der Waals surface area contributed by atoms with Crippen molar-refractivity contribution in [1.82, 2.24) is 0 Å². The molecule has 0 radical (unpaired) electrons. The smallest absolute Gasteiger partial charge is 0.0483 e. The zero-order chi connectivity index (χ0) is 10.7. The Labute approximate surface area is 95.3 Å². The molecule has 78 valence electrons. The largest absolute Gasteiger partial charge is 0.289 e. The molecule has 2 rings (SSSR count). The Hall–Kier alpha value is -1.02. The normalized spacial score (nSPS) is 18.1. The summed E-state index contributed by atoms with van der Waals surface area (Å²) in [7, 11) is 0. The molecule has 0 unspecified atom stereocenters. The number of thioether (sulfide) groups is 1. The number of aliphatic imine (C=N–C) groups is 1. The lowest BCUT2D eigenvalue weighted by molar-refractivity contribution is 1.11. The fourth-order valence-corrected chi connectivity index (χ4v) is 2.54. The zero-order valence-corrected chi connectivity index (χ0v) is 9.97. The molecule has 1 aliphatic rings. The average Bonchev–Trinajstić information content (AvgIpc) is 2.25. The fourth-order valence-electron chi connectivity index (χ4n) is 1.82. The van der Waals surface area contributed by atoms with Gasteiger partial charge in [-0.05, 0) is 18.7 Å². The van der Waals surface area contributed by atoms with Gasteiger partial charge in [-0.15, -0.1) is 11.8 Å². The van der Waals surface area contributed by atoms with Crippen LogP contribution in [0, 0.1) is 0 Å². The van der Waals surface area contributed by atoms with E-state index >= 15 is 0 Å². The van der Waals surface area contributed by atoms with Crippen LogP contribution < -0.4 is 0 Å². The Morgan fingerprint density at radius 2 is 2.00 bits per heavy atom. The molecular formula is C13H15NS. The molecule has 1 nitrogen and oxygen atoms in total. The van der Waals surface area contributed by atoms with Crippen LogP contribution in [0.15, 0.2) is 40.2 Å². The van der Waals surface area contributed by atoms with Crippen LogP contribution >= 0.6 is 11.8 Å². The summed E-state index contributed by atoms with van der Waals surface area (Å²) in [5, 5.41) is 0. The van der Waals surface area contributed by atoms with Crippen molar-refractivity contribution < 1.29 is 0 Å². The van der Waals surface area contributed by atoms with E-state index in [9.17, 15) is 0 Å². The molecule has 0 aliphatic heterocycles. The van der Waals surface area contributed by atoms with Crippen LogP contribution in [0.3, 0.4) is 0 Å². The van der Waals surface area contributed by atoms with Gasteiger partial charge in [0.25, 0.3) is 0 Å². The van der Waals surface area contributed by atoms with Gasteiger partial charge in [0, 0.05) is 29.2 Å². The first-order valence-corrected chi connectivity index (χ1v) is 6.45. The number of allylic oxidation sites excluding steroid dienone is 2. The minimum absolute atomic E-state index is 0.882. The van der Waals surface area contributed by atoms with Crippen molar-refractivity contribution in [3.8, 4) is 0 Å². The summed E-state index contributed by atoms with van der Waals surface area (Å²) >= 11 is 1.84. The van der Waals surface area contributed by atoms with Crippen LogP contribution in [0.25, 0.3) is 5.57 Å². The second-order valence-electron chi connectivity index (χ2n) is 3.47. The van der Waals surface area contributed by atoms with E-state index in [0.29, 0.717) is 0 Å². The molecule has 0 heterocycles. The first kappa shape index (κ1) is 10.5. The predicted octanol–water partition coefficient (Wildman–Crippen LogP) is 3.63. The summed E-state index contributed by atoms with van der Waals surface area (Å²) in [4.78, 5) is 6.00. The Bertz CT molecular complexity index is 404. The van der Waals surface area contributed by atoms with Crippen molar-refractivity contribution in [3.05, 3.63) is 40.8 Å². The van der Waals surface area contributed by atoms with Gasteiger partial charge < -0.3 is 0 Å². The summed E-state index contributed by atoms with van der Waals surface area (Å²) in [5.74, 6) is 0. The predicted molar refractivity (Wildman–Crippen MR) is 69.5 cm³/mol. The van der Waals surface area contributed by atoms with Crippen molar-refractivity contribution in [2.45, 2.75) is 13.3 Å². The van der Waals surface area contributed by atoms with Gasteiger partial charge in [-0.1, -0.05) is 30.3 Å². The first-order chi connectivity index (χ1) is 7.36. The number of hydrogen-bond acceptors (Lipinski definition) is 2. The molecule has 0 fully saturated rings. The second-order valence-corrected chi connectivity index (χ2v) is 4.37. The molecular weight excluding hydrogens is 202 g/mol. The molecule has 1 aromatic rings. The number of nitrogens with zero attached hydrogens (tertiary/aromatic N) is 1. The Balaban J connectivity index is 2.37. The average molecular weight is 217 g/mol. The highest BCUT2D eigenvalue weighted by Crippen LogP contribution is 2.39. The Morgan fingerprint density at radius 3 is 2.60 bits per heavy atom. The number of hydrogen-bond donors (Lipinski definition) is 0. The van der Waals surface area contributed by atoms with E-state index in [1.807, 2.05) is 11.8 Å². The number of rotatable bonds is 3.